The number of nitrogens with zero attached hydrogens (tertiary/aromatic N) is 2. The van der Waals surface area contributed by atoms with Crippen LogP contribution in [0.2, 0.25) is 5.02 Å². The lowest BCUT2D eigenvalue weighted by Crippen LogP contribution is -2.51. The van der Waals surface area contributed by atoms with Crippen molar-refractivity contribution < 1.29 is 19.1 Å². The summed E-state index contributed by atoms with van der Waals surface area (Å²) in [5.41, 5.74) is 0.476. The Kier molecular flexibility index (Phi) is 6.43. The second-order valence-electron chi connectivity index (χ2n) is 5.27. The van der Waals surface area contributed by atoms with E-state index in [4.69, 9.17) is 16.3 Å². The summed E-state index contributed by atoms with van der Waals surface area (Å²) in [4.78, 5) is 38.9. The Labute approximate surface area is 145 Å². The summed E-state index contributed by atoms with van der Waals surface area (Å²) in [6.07, 6.45) is -0.633. The van der Waals surface area contributed by atoms with Crippen LogP contribution in [0, 0.1) is 0 Å². The highest BCUT2D eigenvalue weighted by atomic mass is 35.5. The number of hydrogen-bond acceptors (Lipinski definition) is 4. The van der Waals surface area contributed by atoms with E-state index in [1.54, 1.807) is 41.0 Å². The van der Waals surface area contributed by atoms with E-state index in [0.29, 0.717) is 43.5 Å². The number of nitrogens with one attached hydrogen (secondary N) is 1. The van der Waals surface area contributed by atoms with E-state index in [2.05, 4.69) is 5.32 Å². The van der Waals surface area contributed by atoms with Gasteiger partial charge in [-0.05, 0) is 19.1 Å². The summed E-state index contributed by atoms with van der Waals surface area (Å²) < 4.78 is 4.93. The highest BCUT2D eigenvalue weighted by molar-refractivity contribution is 6.33. The van der Waals surface area contributed by atoms with E-state index < -0.39 is 5.91 Å². The van der Waals surface area contributed by atoms with Crippen molar-refractivity contribution in [3.8, 4) is 0 Å². The summed E-state index contributed by atoms with van der Waals surface area (Å²) in [7, 11) is 0. The molecule has 130 valence electrons. The van der Waals surface area contributed by atoms with Gasteiger partial charge in [-0.2, -0.15) is 0 Å². The number of piperazine rings is 1. The Bertz CT molecular complexity index is 615. The Morgan fingerprint density at radius 3 is 2.38 bits per heavy atom. The van der Waals surface area contributed by atoms with E-state index in [0.717, 1.165) is 0 Å². The van der Waals surface area contributed by atoms with Gasteiger partial charge in [-0.3, -0.25) is 9.59 Å². The molecule has 1 N–H and O–H groups in total. The molecular formula is C16H20ClN3O4. The van der Waals surface area contributed by atoms with Gasteiger partial charge in [0, 0.05) is 26.2 Å². The van der Waals surface area contributed by atoms with Gasteiger partial charge in [0.15, 0.2) is 0 Å². The lowest BCUT2D eigenvalue weighted by atomic mass is 10.2. The summed E-state index contributed by atoms with van der Waals surface area (Å²) >= 11 is 5.97. The number of ether oxygens (including phenoxy) is 1. The third-order valence-electron chi connectivity index (χ3n) is 3.62. The topological polar surface area (TPSA) is 79.0 Å². The highest BCUT2D eigenvalue weighted by Crippen LogP contribution is 2.20. The van der Waals surface area contributed by atoms with Crippen LogP contribution in [0.3, 0.4) is 0 Å². The fourth-order valence-corrected chi connectivity index (χ4v) is 2.54. The van der Waals surface area contributed by atoms with Crippen molar-refractivity contribution in [3.63, 3.8) is 0 Å². The van der Waals surface area contributed by atoms with Crippen molar-refractivity contribution in [2.24, 2.45) is 0 Å². The molecule has 1 aromatic rings. The maximum absolute atomic E-state index is 12.2. The van der Waals surface area contributed by atoms with Gasteiger partial charge in [0.2, 0.25) is 11.8 Å². The fourth-order valence-electron chi connectivity index (χ4n) is 2.36. The number of carbonyl (C=O) groups is 3. The average molecular weight is 354 g/mol. The first-order valence-electron chi connectivity index (χ1n) is 7.75. The molecule has 1 fully saturated rings. The van der Waals surface area contributed by atoms with Crippen LogP contribution in [-0.2, 0) is 14.3 Å². The number of para-hydroxylation sites is 1. The number of rotatable bonds is 4. The lowest BCUT2D eigenvalue weighted by molar-refractivity contribution is -0.135. The van der Waals surface area contributed by atoms with Gasteiger partial charge in [-0.1, -0.05) is 23.7 Å². The van der Waals surface area contributed by atoms with Crippen LogP contribution in [-0.4, -0.2) is 60.5 Å². The molecule has 0 aliphatic carbocycles. The minimum absolute atomic E-state index is 0.259. The van der Waals surface area contributed by atoms with Crippen LogP contribution in [0.1, 0.15) is 13.3 Å². The zero-order valence-corrected chi connectivity index (χ0v) is 14.2. The third-order valence-corrected chi connectivity index (χ3v) is 3.95. The molecule has 1 heterocycles. The first-order valence-corrected chi connectivity index (χ1v) is 8.13. The highest BCUT2D eigenvalue weighted by Gasteiger charge is 2.25. The van der Waals surface area contributed by atoms with E-state index in [1.807, 2.05) is 0 Å². The molecule has 1 aromatic carbocycles. The van der Waals surface area contributed by atoms with E-state index in [9.17, 15) is 14.4 Å². The quantitative estimate of drug-likeness (QED) is 0.839. The lowest BCUT2D eigenvalue weighted by Gasteiger charge is -2.34. The van der Waals surface area contributed by atoms with Gasteiger partial charge in [0.25, 0.3) is 0 Å². The number of amides is 3. The summed E-state index contributed by atoms with van der Waals surface area (Å²) in [6, 6.07) is 6.83. The smallest absolute Gasteiger partial charge is 0.409 e. The summed E-state index contributed by atoms with van der Waals surface area (Å²) in [6.45, 7) is 3.64. The Morgan fingerprint density at radius 1 is 1.12 bits per heavy atom. The van der Waals surface area contributed by atoms with Crippen LogP contribution in [0.25, 0.3) is 0 Å². The SMILES string of the molecule is CCOC(=O)N1CCN(C(=O)CC(=O)Nc2ccccc2Cl)CC1. The molecule has 2 rings (SSSR count). The molecule has 0 unspecified atom stereocenters. The largest absolute Gasteiger partial charge is 0.450 e. The first kappa shape index (κ1) is 18.1. The second kappa shape index (κ2) is 8.54. The van der Waals surface area contributed by atoms with Crippen molar-refractivity contribution in [2.45, 2.75) is 13.3 Å². The van der Waals surface area contributed by atoms with Crippen LogP contribution < -0.4 is 5.32 Å². The first-order chi connectivity index (χ1) is 11.5. The van der Waals surface area contributed by atoms with E-state index >= 15 is 0 Å². The molecule has 1 saturated heterocycles. The predicted octanol–water partition coefficient (Wildman–Crippen LogP) is 1.97. The molecule has 0 saturated carbocycles. The Hall–Kier alpha value is -2.28. The molecule has 1 aliphatic rings. The molecule has 3 amide bonds. The van der Waals surface area contributed by atoms with Gasteiger partial charge in [-0.15, -0.1) is 0 Å². The van der Waals surface area contributed by atoms with Gasteiger partial charge < -0.3 is 19.9 Å². The average Bonchev–Trinajstić information content (AvgIpc) is 2.57. The number of hydrogen-bond donors (Lipinski definition) is 1. The maximum Gasteiger partial charge on any atom is 0.409 e. The molecule has 0 bridgehead atoms. The monoisotopic (exact) mass is 353 g/mol. The fraction of sp³-hybridized carbons (Fsp3) is 0.438. The molecule has 0 aromatic heterocycles. The molecule has 0 spiro atoms. The van der Waals surface area contributed by atoms with Crippen LogP contribution in [0.15, 0.2) is 24.3 Å². The minimum Gasteiger partial charge on any atom is -0.450 e. The standard InChI is InChI=1S/C16H20ClN3O4/c1-2-24-16(23)20-9-7-19(8-10-20)15(22)11-14(21)18-13-6-4-3-5-12(13)17/h3-6H,2,7-11H2,1H3,(H,18,21). The van der Waals surface area contributed by atoms with Crippen LogP contribution >= 0.6 is 11.6 Å². The van der Waals surface area contributed by atoms with Crippen LogP contribution in [0.4, 0.5) is 10.5 Å². The predicted molar refractivity (Wildman–Crippen MR) is 89.9 cm³/mol. The summed E-state index contributed by atoms with van der Waals surface area (Å²) in [5, 5.41) is 3.04. The molecule has 24 heavy (non-hydrogen) atoms. The van der Waals surface area contributed by atoms with Gasteiger partial charge in [-0.25, -0.2) is 4.79 Å². The molecular weight excluding hydrogens is 334 g/mol. The van der Waals surface area contributed by atoms with Crippen molar-refractivity contribution in [1.82, 2.24) is 9.80 Å². The maximum atomic E-state index is 12.2. The van der Waals surface area contributed by atoms with E-state index in [1.165, 1.54) is 0 Å². The van der Waals surface area contributed by atoms with Gasteiger partial charge in [0.1, 0.15) is 6.42 Å². The Balaban J connectivity index is 1.80. The zero-order chi connectivity index (χ0) is 17.5. The summed E-state index contributed by atoms with van der Waals surface area (Å²) in [5.74, 6) is -0.691. The van der Waals surface area contributed by atoms with Crippen molar-refractivity contribution in [3.05, 3.63) is 29.3 Å². The van der Waals surface area contributed by atoms with E-state index in [-0.39, 0.29) is 18.4 Å². The van der Waals surface area contributed by atoms with Gasteiger partial charge in [0.05, 0.1) is 17.3 Å². The van der Waals surface area contributed by atoms with Crippen molar-refractivity contribution in [2.75, 3.05) is 38.1 Å². The van der Waals surface area contributed by atoms with Gasteiger partial charge >= 0.3 is 6.09 Å². The molecule has 7 nitrogen and oxygen atoms in total. The van der Waals surface area contributed by atoms with Crippen molar-refractivity contribution >= 4 is 35.2 Å². The normalized spacial score (nSPS) is 14.2. The number of anilines is 1. The van der Waals surface area contributed by atoms with Crippen LogP contribution in [0.5, 0.6) is 0 Å². The second-order valence-corrected chi connectivity index (χ2v) is 5.68. The minimum atomic E-state index is -0.416. The Morgan fingerprint density at radius 2 is 1.75 bits per heavy atom. The zero-order valence-electron chi connectivity index (χ0n) is 13.5. The number of carbonyl (C=O) groups excluding carboxylic acids is 3. The van der Waals surface area contributed by atoms with Crippen molar-refractivity contribution in [1.29, 1.82) is 0 Å². The molecule has 0 radical (unpaired) electrons. The number of benzene rings is 1. The number of halogens is 1. The third kappa shape index (κ3) is 4.86. The molecule has 8 heteroatoms. The molecule has 0 atom stereocenters. The molecule has 1 aliphatic heterocycles.